The van der Waals surface area contributed by atoms with Gasteiger partial charge in [0.25, 0.3) is 5.91 Å². The minimum Gasteiger partial charge on any atom is -0.452 e. The minimum absolute atomic E-state index is 0.0404. The SMILES string of the molecule is CCn1c(=O)n(CCC(=O)OC(C)C(=O)NC2CCCCC2)c2ccccc21. The second kappa shape index (κ2) is 9.08. The van der Waals surface area contributed by atoms with Gasteiger partial charge in [-0.2, -0.15) is 0 Å². The number of para-hydroxylation sites is 2. The molecule has 1 amide bonds. The Morgan fingerprint density at radius 2 is 1.79 bits per heavy atom. The fourth-order valence-electron chi connectivity index (χ4n) is 3.87. The number of fused-ring (bicyclic) bond motifs is 1. The van der Waals surface area contributed by atoms with Crippen molar-refractivity contribution in [3.05, 3.63) is 34.7 Å². The van der Waals surface area contributed by atoms with Crippen LogP contribution in [0.25, 0.3) is 11.0 Å². The van der Waals surface area contributed by atoms with E-state index in [1.807, 2.05) is 31.2 Å². The Kier molecular flexibility index (Phi) is 6.54. The number of nitrogens with one attached hydrogen (secondary N) is 1. The second-order valence-corrected chi connectivity index (χ2v) is 7.39. The standard InChI is InChI=1S/C21H29N3O4/c1-3-23-17-11-7-8-12-18(17)24(21(23)27)14-13-19(25)28-15(2)20(26)22-16-9-5-4-6-10-16/h7-8,11-12,15-16H,3-6,9-10,13-14H2,1-2H3,(H,22,26). The number of benzene rings is 1. The third kappa shape index (κ3) is 4.46. The summed E-state index contributed by atoms with van der Waals surface area (Å²) in [5, 5.41) is 2.97. The Balaban J connectivity index is 1.57. The number of imidazole rings is 1. The molecule has 1 aromatic carbocycles. The van der Waals surface area contributed by atoms with E-state index >= 15 is 0 Å². The predicted octanol–water partition coefficient (Wildman–Crippen LogP) is 2.59. The highest BCUT2D eigenvalue weighted by Gasteiger charge is 2.22. The summed E-state index contributed by atoms with van der Waals surface area (Å²) in [6, 6.07) is 7.70. The van der Waals surface area contributed by atoms with Crippen molar-refractivity contribution in [1.29, 1.82) is 0 Å². The molecule has 1 fully saturated rings. The fraction of sp³-hybridized carbons (Fsp3) is 0.571. The number of aryl methyl sites for hydroxylation is 2. The second-order valence-electron chi connectivity index (χ2n) is 7.39. The molecular weight excluding hydrogens is 358 g/mol. The zero-order valence-electron chi connectivity index (χ0n) is 16.6. The molecule has 1 N–H and O–H groups in total. The summed E-state index contributed by atoms with van der Waals surface area (Å²) in [5.41, 5.74) is 1.51. The lowest BCUT2D eigenvalue weighted by molar-refractivity contribution is -0.155. The maximum absolute atomic E-state index is 12.6. The minimum atomic E-state index is -0.830. The van der Waals surface area contributed by atoms with Crippen LogP contribution in [-0.4, -0.2) is 33.2 Å². The largest absolute Gasteiger partial charge is 0.452 e. The van der Waals surface area contributed by atoms with E-state index in [0.717, 1.165) is 36.7 Å². The molecule has 0 saturated heterocycles. The molecule has 0 bridgehead atoms. The summed E-state index contributed by atoms with van der Waals surface area (Å²) < 4.78 is 8.56. The molecule has 1 atom stereocenters. The number of hydrogen-bond donors (Lipinski definition) is 1. The van der Waals surface area contributed by atoms with Crippen molar-refractivity contribution in [3.8, 4) is 0 Å². The average molecular weight is 387 g/mol. The number of aromatic nitrogens is 2. The Hall–Kier alpha value is -2.57. The van der Waals surface area contributed by atoms with E-state index in [1.165, 1.54) is 6.42 Å². The van der Waals surface area contributed by atoms with Crippen LogP contribution in [0.4, 0.5) is 0 Å². The Morgan fingerprint density at radius 1 is 1.14 bits per heavy atom. The van der Waals surface area contributed by atoms with Crippen LogP contribution in [0, 0.1) is 0 Å². The summed E-state index contributed by atoms with van der Waals surface area (Å²) in [5.74, 6) is -0.730. The van der Waals surface area contributed by atoms with E-state index in [0.29, 0.717) is 6.54 Å². The lowest BCUT2D eigenvalue weighted by Gasteiger charge is -2.24. The van der Waals surface area contributed by atoms with E-state index in [2.05, 4.69) is 5.32 Å². The molecule has 0 radical (unpaired) electrons. The molecule has 7 nitrogen and oxygen atoms in total. The van der Waals surface area contributed by atoms with Gasteiger partial charge in [0.15, 0.2) is 6.10 Å². The number of carbonyl (C=O) groups is 2. The summed E-state index contributed by atoms with van der Waals surface area (Å²) in [6.07, 6.45) is 4.64. The van der Waals surface area contributed by atoms with Crippen molar-refractivity contribution in [2.24, 2.45) is 0 Å². The summed E-state index contributed by atoms with van der Waals surface area (Å²) in [4.78, 5) is 37.1. The fourth-order valence-corrected chi connectivity index (χ4v) is 3.87. The predicted molar refractivity (Wildman–Crippen MR) is 107 cm³/mol. The number of amides is 1. The van der Waals surface area contributed by atoms with Gasteiger partial charge in [0, 0.05) is 19.1 Å². The molecule has 2 aromatic rings. The van der Waals surface area contributed by atoms with Gasteiger partial charge in [-0.15, -0.1) is 0 Å². The van der Waals surface area contributed by atoms with E-state index in [4.69, 9.17) is 4.74 Å². The van der Waals surface area contributed by atoms with E-state index in [9.17, 15) is 14.4 Å². The van der Waals surface area contributed by atoms with Crippen LogP contribution in [0.2, 0.25) is 0 Å². The average Bonchev–Trinajstić information content (AvgIpc) is 2.97. The van der Waals surface area contributed by atoms with Gasteiger partial charge < -0.3 is 10.1 Å². The van der Waals surface area contributed by atoms with Crippen molar-refractivity contribution >= 4 is 22.9 Å². The highest BCUT2D eigenvalue weighted by Crippen LogP contribution is 2.17. The molecule has 1 aliphatic carbocycles. The first-order valence-corrected chi connectivity index (χ1v) is 10.2. The van der Waals surface area contributed by atoms with Gasteiger partial charge in [-0.05, 0) is 38.8 Å². The number of rotatable bonds is 7. The maximum atomic E-state index is 12.6. The topological polar surface area (TPSA) is 82.3 Å². The van der Waals surface area contributed by atoms with Crippen molar-refractivity contribution in [2.75, 3.05) is 0 Å². The Morgan fingerprint density at radius 3 is 2.43 bits per heavy atom. The first kappa shape index (κ1) is 20.2. The van der Waals surface area contributed by atoms with Crippen LogP contribution in [0.5, 0.6) is 0 Å². The summed E-state index contributed by atoms with van der Waals surface area (Å²) in [6.45, 7) is 4.29. The summed E-state index contributed by atoms with van der Waals surface area (Å²) in [7, 11) is 0. The first-order chi connectivity index (χ1) is 13.5. The Bertz CT molecular complexity index is 893. The van der Waals surface area contributed by atoms with E-state index in [-0.39, 0.29) is 30.6 Å². The maximum Gasteiger partial charge on any atom is 0.329 e. The molecule has 152 valence electrons. The van der Waals surface area contributed by atoms with E-state index in [1.54, 1.807) is 16.1 Å². The normalized spacial score (nSPS) is 16.1. The number of ether oxygens (including phenoxy) is 1. The highest BCUT2D eigenvalue weighted by molar-refractivity contribution is 5.83. The van der Waals surface area contributed by atoms with Crippen molar-refractivity contribution in [1.82, 2.24) is 14.5 Å². The third-order valence-electron chi connectivity index (χ3n) is 5.41. The molecular formula is C21H29N3O4. The van der Waals surface area contributed by atoms with Crippen LogP contribution in [-0.2, 0) is 27.4 Å². The molecule has 1 saturated carbocycles. The van der Waals surface area contributed by atoms with Crippen LogP contribution in [0.15, 0.2) is 29.1 Å². The van der Waals surface area contributed by atoms with Crippen molar-refractivity contribution < 1.29 is 14.3 Å². The molecule has 1 heterocycles. The molecule has 28 heavy (non-hydrogen) atoms. The number of carbonyl (C=O) groups excluding carboxylic acids is 2. The van der Waals surface area contributed by atoms with Crippen molar-refractivity contribution in [3.63, 3.8) is 0 Å². The van der Waals surface area contributed by atoms with Gasteiger partial charge >= 0.3 is 11.7 Å². The lowest BCUT2D eigenvalue weighted by Crippen LogP contribution is -2.42. The van der Waals surface area contributed by atoms with Crippen LogP contribution in [0.1, 0.15) is 52.4 Å². The van der Waals surface area contributed by atoms with Crippen LogP contribution < -0.4 is 11.0 Å². The van der Waals surface area contributed by atoms with Gasteiger partial charge in [0.2, 0.25) is 0 Å². The van der Waals surface area contributed by atoms with E-state index < -0.39 is 12.1 Å². The zero-order chi connectivity index (χ0) is 20.1. The molecule has 0 aliphatic heterocycles. The third-order valence-corrected chi connectivity index (χ3v) is 5.41. The monoisotopic (exact) mass is 387 g/mol. The first-order valence-electron chi connectivity index (χ1n) is 10.2. The quantitative estimate of drug-likeness (QED) is 0.741. The molecule has 1 aromatic heterocycles. The number of esters is 1. The van der Waals surface area contributed by atoms with Gasteiger partial charge in [0.05, 0.1) is 17.5 Å². The molecule has 0 spiro atoms. The van der Waals surface area contributed by atoms with Crippen molar-refractivity contribution in [2.45, 2.75) is 77.6 Å². The molecule has 1 aliphatic rings. The zero-order valence-corrected chi connectivity index (χ0v) is 16.6. The van der Waals surface area contributed by atoms with Crippen LogP contribution in [0.3, 0.4) is 0 Å². The smallest absolute Gasteiger partial charge is 0.329 e. The lowest BCUT2D eigenvalue weighted by atomic mass is 9.95. The summed E-state index contributed by atoms with van der Waals surface area (Å²) >= 11 is 0. The highest BCUT2D eigenvalue weighted by atomic mass is 16.5. The number of nitrogens with zero attached hydrogens (tertiary/aromatic N) is 2. The van der Waals surface area contributed by atoms with Gasteiger partial charge in [-0.3, -0.25) is 18.7 Å². The van der Waals surface area contributed by atoms with Gasteiger partial charge in [-0.25, -0.2) is 4.79 Å². The molecule has 1 unspecified atom stereocenters. The Labute approximate surface area is 164 Å². The van der Waals surface area contributed by atoms with Gasteiger partial charge in [-0.1, -0.05) is 31.4 Å². The molecule has 7 heteroatoms. The molecule has 3 rings (SSSR count). The van der Waals surface area contributed by atoms with Crippen LogP contribution >= 0.6 is 0 Å². The number of hydrogen-bond acceptors (Lipinski definition) is 4. The van der Waals surface area contributed by atoms with Gasteiger partial charge in [0.1, 0.15) is 0 Å².